The maximum atomic E-state index is 11.7. The lowest BCUT2D eigenvalue weighted by atomic mass is 10.0. The summed E-state index contributed by atoms with van der Waals surface area (Å²) in [7, 11) is 0. The van der Waals surface area contributed by atoms with Crippen molar-refractivity contribution in [3.63, 3.8) is 0 Å². The number of benzene rings is 2. The summed E-state index contributed by atoms with van der Waals surface area (Å²) in [5.41, 5.74) is 4.17. The Kier molecular flexibility index (Phi) is 6.22. The molecule has 1 N–H and O–H groups in total. The van der Waals surface area contributed by atoms with Crippen LogP contribution in [0.1, 0.15) is 30.9 Å². The molecule has 1 amide bonds. The zero-order valence-electron chi connectivity index (χ0n) is 14.0. The highest BCUT2D eigenvalue weighted by molar-refractivity contribution is 5.83. The van der Waals surface area contributed by atoms with Crippen LogP contribution in [0.25, 0.3) is 0 Å². The highest BCUT2D eigenvalue weighted by Crippen LogP contribution is 2.18. The summed E-state index contributed by atoms with van der Waals surface area (Å²) in [4.78, 5) is 21.8. The second-order valence-corrected chi connectivity index (χ2v) is 5.65. The molecule has 2 rings (SSSR count). The van der Waals surface area contributed by atoms with Crippen LogP contribution in [-0.4, -0.2) is 23.7 Å². The molecule has 0 fully saturated rings. The summed E-state index contributed by atoms with van der Waals surface area (Å²) in [6.45, 7) is 4.05. The average Bonchev–Trinajstić information content (AvgIpc) is 2.60. The second-order valence-electron chi connectivity index (χ2n) is 5.65. The first-order valence-electron chi connectivity index (χ1n) is 7.75. The standard InChI is InChI=1S/C18H19N3O4/c1-13(2)15-5-9-17(10-6-15)25-12-18(22)20-19-11-14-3-7-16(8-4-14)21(23)24/h3-11,13H,12H2,1-2H3,(H,20,22)/b19-11+. The van der Waals surface area contributed by atoms with Gasteiger partial charge in [0.2, 0.25) is 0 Å². The molecule has 0 saturated heterocycles. The summed E-state index contributed by atoms with van der Waals surface area (Å²) in [5, 5.41) is 14.3. The van der Waals surface area contributed by atoms with E-state index in [1.54, 1.807) is 12.1 Å². The van der Waals surface area contributed by atoms with Gasteiger partial charge in [0.05, 0.1) is 11.1 Å². The Balaban J connectivity index is 1.79. The number of nitrogens with one attached hydrogen (secondary N) is 1. The van der Waals surface area contributed by atoms with Gasteiger partial charge in [-0.2, -0.15) is 5.10 Å². The van der Waals surface area contributed by atoms with Crippen molar-refractivity contribution < 1.29 is 14.5 Å². The molecule has 2 aromatic rings. The van der Waals surface area contributed by atoms with Gasteiger partial charge in [0, 0.05) is 12.1 Å². The SMILES string of the molecule is CC(C)c1ccc(OCC(=O)N/N=C/c2ccc([N+](=O)[O-])cc2)cc1. The molecule has 0 aliphatic heterocycles. The van der Waals surface area contributed by atoms with Crippen LogP contribution in [0.3, 0.4) is 0 Å². The second kappa shape index (κ2) is 8.58. The molecule has 0 atom stereocenters. The monoisotopic (exact) mass is 341 g/mol. The number of carbonyl (C=O) groups excluding carboxylic acids is 1. The van der Waals surface area contributed by atoms with E-state index in [1.807, 2.05) is 24.3 Å². The molecular weight excluding hydrogens is 322 g/mol. The summed E-state index contributed by atoms with van der Waals surface area (Å²) in [5.74, 6) is 0.649. The van der Waals surface area contributed by atoms with Gasteiger partial charge in [-0.3, -0.25) is 14.9 Å². The normalized spacial score (nSPS) is 10.8. The quantitative estimate of drug-likeness (QED) is 0.475. The predicted octanol–water partition coefficient (Wildman–Crippen LogP) is 3.25. The van der Waals surface area contributed by atoms with E-state index in [0.29, 0.717) is 17.2 Å². The highest BCUT2D eigenvalue weighted by atomic mass is 16.6. The van der Waals surface area contributed by atoms with Gasteiger partial charge in [0.15, 0.2) is 6.61 Å². The van der Waals surface area contributed by atoms with Crippen LogP contribution in [0.5, 0.6) is 5.75 Å². The third kappa shape index (κ3) is 5.72. The molecule has 0 heterocycles. The van der Waals surface area contributed by atoms with Crippen LogP contribution in [0.15, 0.2) is 53.6 Å². The van der Waals surface area contributed by atoms with E-state index in [-0.39, 0.29) is 12.3 Å². The van der Waals surface area contributed by atoms with Crippen LogP contribution in [0.2, 0.25) is 0 Å². The zero-order valence-corrected chi connectivity index (χ0v) is 14.0. The molecule has 0 bridgehead atoms. The fourth-order valence-electron chi connectivity index (χ4n) is 1.99. The number of nitro benzene ring substituents is 1. The van der Waals surface area contributed by atoms with Gasteiger partial charge in [-0.15, -0.1) is 0 Å². The van der Waals surface area contributed by atoms with Crippen LogP contribution >= 0.6 is 0 Å². The van der Waals surface area contributed by atoms with Crippen molar-refractivity contribution in [2.24, 2.45) is 5.10 Å². The van der Waals surface area contributed by atoms with Crippen molar-refractivity contribution in [1.82, 2.24) is 5.43 Å². The maximum Gasteiger partial charge on any atom is 0.277 e. The van der Waals surface area contributed by atoms with E-state index in [1.165, 1.54) is 23.9 Å². The van der Waals surface area contributed by atoms with Gasteiger partial charge < -0.3 is 4.74 Å². The Morgan fingerprint density at radius 1 is 1.20 bits per heavy atom. The van der Waals surface area contributed by atoms with Crippen molar-refractivity contribution in [1.29, 1.82) is 0 Å². The first-order chi connectivity index (χ1) is 12.0. The van der Waals surface area contributed by atoms with E-state index in [4.69, 9.17) is 4.74 Å². The number of hydrogen-bond acceptors (Lipinski definition) is 5. The fraction of sp³-hybridized carbons (Fsp3) is 0.222. The number of rotatable bonds is 7. The molecule has 0 unspecified atom stereocenters. The Hall–Kier alpha value is -3.22. The predicted molar refractivity (Wildman–Crippen MR) is 94.9 cm³/mol. The Bertz CT molecular complexity index is 753. The minimum Gasteiger partial charge on any atom is -0.484 e. The van der Waals surface area contributed by atoms with E-state index in [2.05, 4.69) is 24.4 Å². The maximum absolute atomic E-state index is 11.7. The molecule has 2 aromatic carbocycles. The number of nitro groups is 1. The fourth-order valence-corrected chi connectivity index (χ4v) is 1.99. The summed E-state index contributed by atoms with van der Waals surface area (Å²) in [6, 6.07) is 13.4. The first-order valence-corrected chi connectivity index (χ1v) is 7.75. The molecule has 7 heteroatoms. The third-order valence-corrected chi connectivity index (χ3v) is 3.42. The van der Waals surface area contributed by atoms with Crippen LogP contribution in [0.4, 0.5) is 5.69 Å². The lowest BCUT2D eigenvalue weighted by Crippen LogP contribution is -2.24. The molecule has 130 valence electrons. The molecule has 25 heavy (non-hydrogen) atoms. The topological polar surface area (TPSA) is 93.8 Å². The van der Waals surface area contributed by atoms with Crippen LogP contribution < -0.4 is 10.2 Å². The number of ether oxygens (including phenoxy) is 1. The largest absolute Gasteiger partial charge is 0.484 e. The Labute approximate surface area is 145 Å². The van der Waals surface area contributed by atoms with E-state index in [0.717, 1.165) is 0 Å². The smallest absolute Gasteiger partial charge is 0.277 e. The van der Waals surface area contributed by atoms with Crippen molar-refractivity contribution in [2.75, 3.05) is 6.61 Å². The molecule has 0 aromatic heterocycles. The van der Waals surface area contributed by atoms with Gasteiger partial charge in [0.1, 0.15) is 5.75 Å². The molecule has 0 aliphatic carbocycles. The molecule has 0 radical (unpaired) electrons. The number of carbonyl (C=O) groups is 1. The Morgan fingerprint density at radius 3 is 2.40 bits per heavy atom. The molecule has 7 nitrogen and oxygen atoms in total. The molecular formula is C18H19N3O4. The van der Waals surface area contributed by atoms with Gasteiger partial charge in [-0.25, -0.2) is 5.43 Å². The van der Waals surface area contributed by atoms with E-state index >= 15 is 0 Å². The van der Waals surface area contributed by atoms with E-state index < -0.39 is 10.8 Å². The first kappa shape index (κ1) is 18.1. The van der Waals surface area contributed by atoms with Gasteiger partial charge in [-0.1, -0.05) is 26.0 Å². The van der Waals surface area contributed by atoms with E-state index in [9.17, 15) is 14.9 Å². The van der Waals surface area contributed by atoms with Crippen molar-refractivity contribution in [3.8, 4) is 5.75 Å². The zero-order chi connectivity index (χ0) is 18.2. The Morgan fingerprint density at radius 2 is 1.84 bits per heavy atom. The van der Waals surface area contributed by atoms with Crippen molar-refractivity contribution >= 4 is 17.8 Å². The van der Waals surface area contributed by atoms with Gasteiger partial charge >= 0.3 is 0 Å². The molecule has 0 saturated carbocycles. The summed E-state index contributed by atoms with van der Waals surface area (Å²) in [6.07, 6.45) is 1.40. The van der Waals surface area contributed by atoms with Crippen molar-refractivity contribution in [3.05, 3.63) is 69.8 Å². The lowest BCUT2D eigenvalue weighted by Gasteiger charge is -2.08. The number of nitrogens with zero attached hydrogens (tertiary/aromatic N) is 2. The minimum atomic E-state index is -0.478. The minimum absolute atomic E-state index is 0.00179. The van der Waals surface area contributed by atoms with Gasteiger partial charge in [0.25, 0.3) is 11.6 Å². The summed E-state index contributed by atoms with van der Waals surface area (Å²) < 4.78 is 5.39. The van der Waals surface area contributed by atoms with Crippen LogP contribution in [0, 0.1) is 10.1 Å². The number of hydrogen-bond donors (Lipinski definition) is 1. The lowest BCUT2D eigenvalue weighted by molar-refractivity contribution is -0.384. The third-order valence-electron chi connectivity index (χ3n) is 3.42. The van der Waals surface area contributed by atoms with Crippen LogP contribution in [-0.2, 0) is 4.79 Å². The number of amides is 1. The average molecular weight is 341 g/mol. The van der Waals surface area contributed by atoms with Gasteiger partial charge in [-0.05, 0) is 41.3 Å². The highest BCUT2D eigenvalue weighted by Gasteiger charge is 2.04. The molecule has 0 aliphatic rings. The van der Waals surface area contributed by atoms with Crippen molar-refractivity contribution in [2.45, 2.75) is 19.8 Å². The molecule has 0 spiro atoms. The number of non-ortho nitro benzene ring substituents is 1. The number of hydrazone groups is 1. The summed E-state index contributed by atoms with van der Waals surface area (Å²) >= 11 is 0.